The van der Waals surface area contributed by atoms with E-state index in [9.17, 15) is 19.1 Å². The number of rotatable bonds is 12. The van der Waals surface area contributed by atoms with Gasteiger partial charge in [0, 0.05) is 30.7 Å². The van der Waals surface area contributed by atoms with Crippen molar-refractivity contribution >= 4 is 17.6 Å². The lowest BCUT2D eigenvalue weighted by atomic mass is 9.81. The first-order valence-electron chi connectivity index (χ1n) is 15.5. The predicted molar refractivity (Wildman–Crippen MR) is 170 cm³/mol. The number of likely N-dealkylation sites (N-methyl/N-ethyl adjacent to an activating group) is 1. The fourth-order valence-electron chi connectivity index (χ4n) is 6.55. The maximum absolute atomic E-state index is 14.3. The number of halogens is 1. The van der Waals surface area contributed by atoms with Gasteiger partial charge in [-0.2, -0.15) is 0 Å². The molecule has 1 amide bonds. The van der Waals surface area contributed by atoms with Crippen molar-refractivity contribution in [3.63, 3.8) is 0 Å². The van der Waals surface area contributed by atoms with Crippen LogP contribution >= 0.6 is 0 Å². The van der Waals surface area contributed by atoms with Crippen molar-refractivity contribution in [3.05, 3.63) is 82.2 Å². The second kappa shape index (κ2) is 13.9. The number of fused-ring (bicyclic) bond motifs is 1. The summed E-state index contributed by atoms with van der Waals surface area (Å²) >= 11 is 0. The van der Waals surface area contributed by atoms with Crippen LogP contribution in [0.4, 0.5) is 10.1 Å². The average molecular weight is 620 g/mol. The highest BCUT2D eigenvalue weighted by Gasteiger charge is 2.48. The quantitative estimate of drug-likeness (QED) is 0.278. The summed E-state index contributed by atoms with van der Waals surface area (Å²) < 4.78 is 31.4. The average Bonchev–Trinajstić information content (AvgIpc) is 3.64. The van der Waals surface area contributed by atoms with Crippen LogP contribution in [0.25, 0.3) is 0 Å². The van der Waals surface area contributed by atoms with Gasteiger partial charge in [-0.15, -0.1) is 0 Å². The van der Waals surface area contributed by atoms with Gasteiger partial charge in [0.25, 0.3) is 0 Å². The van der Waals surface area contributed by atoms with Gasteiger partial charge >= 0.3 is 5.97 Å². The lowest BCUT2D eigenvalue weighted by molar-refractivity contribution is -0.143. The van der Waals surface area contributed by atoms with Crippen molar-refractivity contribution in [3.8, 4) is 17.2 Å². The van der Waals surface area contributed by atoms with Gasteiger partial charge in [-0.25, -0.2) is 4.39 Å². The van der Waals surface area contributed by atoms with Crippen LogP contribution < -0.4 is 19.5 Å². The molecular formula is C35H42FN3O6. The molecule has 0 aliphatic carbocycles. The van der Waals surface area contributed by atoms with Gasteiger partial charge in [0.1, 0.15) is 18.2 Å². The Bertz CT molecular complexity index is 1520. The standard InChI is InChI=1S/C35H42FN3O6/c1-6-22-16-25(36)17-23(7-2)32(22)37-30(40)19-39-18-28(27-12-13-29-34(21(27)3)45-20-44-29)31(35(41)42)33(39)24-8-10-26(11-9-24)43-15-14-38(4)5/h8-13,16-17,28,31,33H,6-7,14-15,18-20H2,1-5H3,(H,37,40)(H,41,42)/t28-,31?,33+/m1/s1. The van der Waals surface area contributed by atoms with Crippen molar-refractivity contribution in [2.45, 2.75) is 45.6 Å². The van der Waals surface area contributed by atoms with E-state index < -0.39 is 23.8 Å². The minimum Gasteiger partial charge on any atom is -0.492 e. The summed E-state index contributed by atoms with van der Waals surface area (Å²) in [5.74, 6) is -0.886. The third-order valence-electron chi connectivity index (χ3n) is 8.78. The number of carboxylic acids is 1. The van der Waals surface area contributed by atoms with Crippen LogP contribution in [0.5, 0.6) is 17.2 Å². The summed E-state index contributed by atoms with van der Waals surface area (Å²) in [5.41, 5.74) is 4.53. The van der Waals surface area contributed by atoms with Crippen LogP contribution in [0.2, 0.25) is 0 Å². The maximum atomic E-state index is 14.3. The molecule has 3 atom stereocenters. The molecule has 0 bridgehead atoms. The van der Waals surface area contributed by atoms with E-state index in [4.69, 9.17) is 14.2 Å². The molecule has 2 N–H and O–H groups in total. The van der Waals surface area contributed by atoms with Crippen LogP contribution in [0.15, 0.2) is 48.5 Å². The Hall–Kier alpha value is -4.15. The number of hydrogen-bond acceptors (Lipinski definition) is 7. The van der Waals surface area contributed by atoms with Crippen LogP contribution in [0.1, 0.15) is 53.6 Å². The highest BCUT2D eigenvalue weighted by atomic mass is 19.1. The normalized spacial score (nSPS) is 19.2. The molecule has 2 aliphatic rings. The molecule has 2 aliphatic heterocycles. The number of ether oxygens (including phenoxy) is 3. The molecule has 45 heavy (non-hydrogen) atoms. The number of hydrogen-bond donors (Lipinski definition) is 2. The summed E-state index contributed by atoms with van der Waals surface area (Å²) in [6, 6.07) is 13.5. The molecule has 2 heterocycles. The molecule has 1 saturated heterocycles. The van der Waals surface area contributed by atoms with E-state index in [0.717, 1.165) is 34.4 Å². The molecule has 5 rings (SSSR count). The molecule has 10 heteroatoms. The predicted octanol–water partition coefficient (Wildman–Crippen LogP) is 5.41. The Morgan fingerprint density at radius 3 is 2.38 bits per heavy atom. The number of aryl methyl sites for hydroxylation is 2. The molecule has 9 nitrogen and oxygen atoms in total. The van der Waals surface area contributed by atoms with Crippen LogP contribution in [-0.4, -0.2) is 73.9 Å². The van der Waals surface area contributed by atoms with E-state index >= 15 is 0 Å². The second-order valence-corrected chi connectivity index (χ2v) is 11.9. The lowest BCUT2D eigenvalue weighted by Gasteiger charge is -2.27. The van der Waals surface area contributed by atoms with Gasteiger partial charge < -0.3 is 29.5 Å². The number of aliphatic carboxylic acids is 1. The summed E-state index contributed by atoms with van der Waals surface area (Å²) in [5, 5.41) is 13.7. The molecule has 0 spiro atoms. The molecule has 240 valence electrons. The fraction of sp³-hybridized carbons (Fsp3) is 0.429. The van der Waals surface area contributed by atoms with E-state index in [2.05, 4.69) is 5.32 Å². The maximum Gasteiger partial charge on any atom is 0.309 e. The molecule has 3 aromatic rings. The van der Waals surface area contributed by atoms with Gasteiger partial charge in [-0.1, -0.05) is 32.0 Å². The molecule has 0 radical (unpaired) electrons. The Kier molecular flexibility index (Phi) is 9.94. The van der Waals surface area contributed by atoms with Crippen LogP contribution in [0.3, 0.4) is 0 Å². The SMILES string of the molecule is CCc1cc(F)cc(CC)c1NC(=O)CN1C[C@H](c2ccc3c(c2C)OCO3)C(C(=O)O)[C@@H]1c1ccc(OCCN(C)C)cc1. The Labute approximate surface area is 263 Å². The number of benzene rings is 3. The topological polar surface area (TPSA) is 101 Å². The highest BCUT2D eigenvalue weighted by molar-refractivity contribution is 5.94. The Balaban J connectivity index is 1.48. The number of amides is 1. The fourth-order valence-corrected chi connectivity index (χ4v) is 6.55. The first kappa shape index (κ1) is 32.2. The number of nitrogens with zero attached hydrogens (tertiary/aromatic N) is 2. The molecule has 0 aromatic heterocycles. The van der Waals surface area contributed by atoms with Crippen molar-refractivity contribution in [2.24, 2.45) is 5.92 Å². The third kappa shape index (κ3) is 6.92. The number of anilines is 1. The van der Waals surface area contributed by atoms with Gasteiger partial charge in [0.05, 0.1) is 12.5 Å². The summed E-state index contributed by atoms with van der Waals surface area (Å²) in [4.78, 5) is 30.7. The van der Waals surface area contributed by atoms with Crippen LogP contribution in [0, 0.1) is 18.7 Å². The summed E-state index contributed by atoms with van der Waals surface area (Å²) in [6.07, 6.45) is 1.12. The molecule has 3 aromatic carbocycles. The molecule has 0 saturated carbocycles. The van der Waals surface area contributed by atoms with Crippen molar-refractivity contribution in [2.75, 3.05) is 52.4 Å². The monoisotopic (exact) mass is 619 g/mol. The van der Waals surface area contributed by atoms with E-state index in [-0.39, 0.29) is 25.1 Å². The number of likely N-dealkylation sites (tertiary alicyclic amines) is 1. The largest absolute Gasteiger partial charge is 0.492 e. The van der Waals surface area contributed by atoms with Gasteiger partial charge in [-0.3, -0.25) is 14.5 Å². The van der Waals surface area contributed by atoms with Gasteiger partial charge in [-0.05, 0) is 92.0 Å². The summed E-state index contributed by atoms with van der Waals surface area (Å²) in [6.45, 7) is 7.45. The van der Waals surface area contributed by atoms with E-state index in [0.29, 0.717) is 48.9 Å². The first-order valence-corrected chi connectivity index (χ1v) is 15.5. The zero-order valence-electron chi connectivity index (χ0n) is 26.6. The molecular weight excluding hydrogens is 577 g/mol. The summed E-state index contributed by atoms with van der Waals surface area (Å²) in [7, 11) is 3.95. The van der Waals surface area contributed by atoms with Gasteiger partial charge in [0.15, 0.2) is 11.5 Å². The van der Waals surface area contributed by atoms with Gasteiger partial charge in [0.2, 0.25) is 12.7 Å². The minimum atomic E-state index is -0.948. The number of nitrogens with one attached hydrogen (secondary N) is 1. The highest BCUT2D eigenvalue weighted by Crippen LogP contribution is 2.49. The third-order valence-corrected chi connectivity index (χ3v) is 8.78. The van der Waals surface area contributed by atoms with Crippen molar-refractivity contribution in [1.82, 2.24) is 9.80 Å². The van der Waals surface area contributed by atoms with E-state index in [1.165, 1.54) is 12.1 Å². The molecule has 1 unspecified atom stereocenters. The minimum absolute atomic E-state index is 0.0423. The van der Waals surface area contributed by atoms with Crippen molar-refractivity contribution in [1.29, 1.82) is 0 Å². The zero-order valence-corrected chi connectivity index (χ0v) is 26.6. The van der Waals surface area contributed by atoms with E-state index in [1.54, 1.807) is 0 Å². The lowest BCUT2D eigenvalue weighted by Crippen LogP contribution is -2.35. The van der Waals surface area contributed by atoms with Crippen LogP contribution in [-0.2, 0) is 22.4 Å². The van der Waals surface area contributed by atoms with E-state index in [1.807, 2.05) is 81.1 Å². The Morgan fingerprint density at radius 2 is 1.76 bits per heavy atom. The second-order valence-electron chi connectivity index (χ2n) is 11.9. The number of carbonyl (C=O) groups is 2. The number of carbonyl (C=O) groups excluding carboxylic acids is 1. The zero-order chi connectivity index (χ0) is 32.2. The first-order chi connectivity index (χ1) is 21.6. The number of carboxylic acid groups (broad SMARTS) is 1. The smallest absolute Gasteiger partial charge is 0.309 e. The molecule has 1 fully saturated rings. The van der Waals surface area contributed by atoms with Crippen molar-refractivity contribution < 1.29 is 33.3 Å². The Morgan fingerprint density at radius 1 is 1.07 bits per heavy atom.